The summed E-state index contributed by atoms with van der Waals surface area (Å²) in [5.41, 5.74) is 0.410. The summed E-state index contributed by atoms with van der Waals surface area (Å²) in [5.74, 6) is 0.832. The van der Waals surface area contributed by atoms with E-state index >= 15 is 0 Å². The molecule has 0 aliphatic carbocycles. The number of carbonyl (C=O) groups excluding carboxylic acids is 1. The van der Waals surface area contributed by atoms with Crippen LogP contribution in [0.25, 0.3) is 22.2 Å². The number of anilines is 1. The van der Waals surface area contributed by atoms with Gasteiger partial charge < -0.3 is 15.2 Å². The van der Waals surface area contributed by atoms with Crippen molar-refractivity contribution in [3.63, 3.8) is 0 Å². The number of hydrogen-bond donors (Lipinski definition) is 3. The van der Waals surface area contributed by atoms with Crippen molar-refractivity contribution in [1.82, 2.24) is 25.7 Å². The van der Waals surface area contributed by atoms with Gasteiger partial charge in [0, 0.05) is 36.9 Å². The third-order valence-electron chi connectivity index (χ3n) is 4.80. The third-order valence-corrected chi connectivity index (χ3v) is 4.80. The van der Waals surface area contributed by atoms with Crippen LogP contribution in [0, 0.1) is 5.82 Å². The Morgan fingerprint density at radius 1 is 1.06 bits per heavy atom. The van der Waals surface area contributed by atoms with E-state index in [-0.39, 0.29) is 23.7 Å². The zero-order chi connectivity index (χ0) is 22.3. The van der Waals surface area contributed by atoms with Gasteiger partial charge in [-0.25, -0.2) is 9.49 Å². The van der Waals surface area contributed by atoms with Crippen molar-refractivity contribution in [2.24, 2.45) is 0 Å². The predicted molar refractivity (Wildman–Crippen MR) is 116 cm³/mol. The lowest BCUT2D eigenvalue weighted by Gasteiger charge is -2.08. The molecular formula is C22H21FN6O3. The van der Waals surface area contributed by atoms with Crippen molar-refractivity contribution < 1.29 is 13.7 Å². The number of aryl methyl sites for hydroxylation is 1. The van der Waals surface area contributed by atoms with E-state index < -0.39 is 0 Å². The lowest BCUT2D eigenvalue weighted by molar-refractivity contribution is -0.121. The van der Waals surface area contributed by atoms with E-state index in [2.05, 4.69) is 31.0 Å². The molecule has 0 atom stereocenters. The molecule has 1 amide bonds. The molecule has 2 heterocycles. The average molecular weight is 436 g/mol. The molecule has 32 heavy (non-hydrogen) atoms. The number of aromatic nitrogens is 4. The molecule has 2 aromatic heterocycles. The standard InChI is InChI=1S/C22H21FN6O3/c23-15-8-6-14(7-9-15)20-26-19(32-29-20)11-10-18(30)24-12-3-13-25-21-16-4-1-2-5-17(16)22(31)28-27-21/h1-2,4-9H,3,10-13H2,(H,24,30)(H,25,27)(H,28,31). The van der Waals surface area contributed by atoms with Crippen LogP contribution in [-0.2, 0) is 11.2 Å². The second-order valence-electron chi connectivity index (χ2n) is 7.10. The summed E-state index contributed by atoms with van der Waals surface area (Å²) < 4.78 is 18.2. The molecule has 0 aliphatic rings. The molecule has 0 saturated heterocycles. The van der Waals surface area contributed by atoms with Gasteiger partial charge in [0.15, 0.2) is 5.82 Å². The first kappa shape index (κ1) is 21.2. The van der Waals surface area contributed by atoms with Crippen LogP contribution in [0.15, 0.2) is 57.8 Å². The predicted octanol–water partition coefficient (Wildman–Crippen LogP) is 2.66. The number of halogens is 1. The molecule has 0 saturated carbocycles. The number of amides is 1. The van der Waals surface area contributed by atoms with E-state index in [1.54, 1.807) is 24.3 Å². The number of H-pyrrole nitrogens is 1. The number of carbonyl (C=O) groups is 1. The second-order valence-corrected chi connectivity index (χ2v) is 7.10. The Morgan fingerprint density at radius 3 is 2.66 bits per heavy atom. The Kier molecular flexibility index (Phi) is 6.49. The Morgan fingerprint density at radius 2 is 1.84 bits per heavy atom. The molecule has 0 aliphatic heterocycles. The highest BCUT2D eigenvalue weighted by atomic mass is 19.1. The van der Waals surface area contributed by atoms with Gasteiger partial charge >= 0.3 is 0 Å². The number of hydrogen-bond acceptors (Lipinski definition) is 7. The summed E-state index contributed by atoms with van der Waals surface area (Å²) in [6.07, 6.45) is 1.20. The van der Waals surface area contributed by atoms with Crippen LogP contribution < -0.4 is 16.2 Å². The second kappa shape index (κ2) is 9.82. The van der Waals surface area contributed by atoms with Crippen molar-refractivity contribution in [2.45, 2.75) is 19.3 Å². The van der Waals surface area contributed by atoms with Crippen LogP contribution >= 0.6 is 0 Å². The van der Waals surface area contributed by atoms with E-state index in [1.165, 1.54) is 12.1 Å². The normalized spacial score (nSPS) is 10.9. The maximum absolute atomic E-state index is 13.0. The molecule has 2 aromatic carbocycles. The number of aromatic amines is 1. The van der Waals surface area contributed by atoms with Crippen molar-refractivity contribution in [3.05, 3.63) is 70.6 Å². The molecule has 3 N–H and O–H groups in total. The van der Waals surface area contributed by atoms with Gasteiger partial charge in [-0.05, 0) is 36.8 Å². The number of rotatable bonds is 9. The van der Waals surface area contributed by atoms with Crippen LogP contribution in [0.1, 0.15) is 18.7 Å². The molecule has 4 rings (SSSR count). The van der Waals surface area contributed by atoms with E-state index in [0.29, 0.717) is 54.4 Å². The molecule has 9 nitrogen and oxygen atoms in total. The summed E-state index contributed by atoms with van der Waals surface area (Å²) in [5, 5.41) is 17.7. The molecule has 0 bridgehead atoms. The number of fused-ring (bicyclic) bond motifs is 1. The maximum atomic E-state index is 13.0. The summed E-state index contributed by atoms with van der Waals surface area (Å²) in [6, 6.07) is 13.0. The minimum Gasteiger partial charge on any atom is -0.368 e. The zero-order valence-corrected chi connectivity index (χ0v) is 17.1. The van der Waals surface area contributed by atoms with Gasteiger partial charge in [0.1, 0.15) is 5.82 Å². The topological polar surface area (TPSA) is 126 Å². The van der Waals surface area contributed by atoms with E-state index in [9.17, 15) is 14.0 Å². The van der Waals surface area contributed by atoms with Gasteiger partial charge in [0.2, 0.25) is 17.6 Å². The fourth-order valence-corrected chi connectivity index (χ4v) is 3.15. The number of benzene rings is 2. The number of nitrogens with zero attached hydrogens (tertiary/aromatic N) is 3. The summed E-state index contributed by atoms with van der Waals surface area (Å²) >= 11 is 0. The highest BCUT2D eigenvalue weighted by molar-refractivity contribution is 5.90. The molecule has 0 spiro atoms. The Hall–Kier alpha value is -4.08. The molecule has 164 valence electrons. The summed E-state index contributed by atoms with van der Waals surface area (Å²) in [4.78, 5) is 28.1. The first-order chi connectivity index (χ1) is 15.6. The van der Waals surface area contributed by atoms with E-state index in [0.717, 1.165) is 5.39 Å². The largest absolute Gasteiger partial charge is 0.368 e. The lowest BCUT2D eigenvalue weighted by atomic mass is 10.2. The van der Waals surface area contributed by atoms with Crippen molar-refractivity contribution in [1.29, 1.82) is 0 Å². The quantitative estimate of drug-likeness (QED) is 0.344. The van der Waals surface area contributed by atoms with Gasteiger partial charge in [-0.2, -0.15) is 10.1 Å². The van der Waals surface area contributed by atoms with Gasteiger partial charge in [-0.3, -0.25) is 9.59 Å². The fourth-order valence-electron chi connectivity index (χ4n) is 3.15. The number of nitrogens with one attached hydrogen (secondary N) is 3. The monoisotopic (exact) mass is 436 g/mol. The van der Waals surface area contributed by atoms with Gasteiger partial charge in [-0.1, -0.05) is 23.4 Å². The van der Waals surface area contributed by atoms with Gasteiger partial charge in [-0.15, -0.1) is 0 Å². The van der Waals surface area contributed by atoms with Crippen LogP contribution in [-0.4, -0.2) is 39.3 Å². The van der Waals surface area contributed by atoms with Crippen LogP contribution in [0.5, 0.6) is 0 Å². The van der Waals surface area contributed by atoms with Crippen LogP contribution in [0.4, 0.5) is 10.2 Å². The van der Waals surface area contributed by atoms with Crippen molar-refractivity contribution in [2.75, 3.05) is 18.4 Å². The van der Waals surface area contributed by atoms with Gasteiger partial charge in [0.25, 0.3) is 5.56 Å². The third kappa shape index (κ3) is 5.15. The van der Waals surface area contributed by atoms with Crippen molar-refractivity contribution in [3.8, 4) is 11.4 Å². The summed E-state index contributed by atoms with van der Waals surface area (Å²) in [6.45, 7) is 1.06. The Balaban J connectivity index is 1.18. The smallest absolute Gasteiger partial charge is 0.272 e. The zero-order valence-electron chi connectivity index (χ0n) is 17.1. The van der Waals surface area contributed by atoms with E-state index in [1.807, 2.05) is 12.1 Å². The minimum atomic E-state index is -0.340. The fraction of sp³-hybridized carbons (Fsp3) is 0.227. The van der Waals surface area contributed by atoms with Crippen molar-refractivity contribution >= 4 is 22.5 Å². The SMILES string of the molecule is O=C(CCc1nc(-c2ccc(F)cc2)no1)NCCCNc1n[nH]c(=O)c2ccccc12. The van der Waals surface area contributed by atoms with Crippen LogP contribution in [0.2, 0.25) is 0 Å². The minimum absolute atomic E-state index is 0.126. The van der Waals surface area contributed by atoms with Crippen LogP contribution in [0.3, 0.4) is 0 Å². The molecule has 4 aromatic rings. The molecular weight excluding hydrogens is 415 g/mol. The maximum Gasteiger partial charge on any atom is 0.272 e. The molecule has 0 fully saturated rings. The average Bonchev–Trinajstić information content (AvgIpc) is 3.28. The van der Waals surface area contributed by atoms with Gasteiger partial charge in [0.05, 0.1) is 5.39 Å². The lowest BCUT2D eigenvalue weighted by Crippen LogP contribution is -2.26. The highest BCUT2D eigenvalue weighted by Crippen LogP contribution is 2.17. The Bertz CT molecular complexity index is 1270. The highest BCUT2D eigenvalue weighted by Gasteiger charge is 2.11. The summed E-state index contributed by atoms with van der Waals surface area (Å²) in [7, 11) is 0. The van der Waals surface area contributed by atoms with E-state index in [4.69, 9.17) is 4.52 Å². The molecule has 0 radical (unpaired) electrons. The first-order valence-electron chi connectivity index (χ1n) is 10.2. The first-order valence-corrected chi connectivity index (χ1v) is 10.2. The Labute approximate surface area is 182 Å². The molecule has 0 unspecified atom stereocenters. The molecule has 10 heteroatoms.